The molecule has 2 aliphatic rings. The fourth-order valence-corrected chi connectivity index (χ4v) is 2.19. The molecule has 0 saturated carbocycles. The van der Waals surface area contributed by atoms with Gasteiger partial charge >= 0.3 is 0 Å². The normalized spacial score (nSPS) is 39.3. The van der Waals surface area contributed by atoms with Gasteiger partial charge in [0.2, 0.25) is 0 Å². The molecule has 2 nitrogen and oxygen atoms in total. The Morgan fingerprint density at radius 1 is 1.09 bits per heavy atom. The molecule has 2 rings (SSSR count). The van der Waals surface area contributed by atoms with Crippen molar-refractivity contribution in [3.05, 3.63) is 0 Å². The highest BCUT2D eigenvalue weighted by Crippen LogP contribution is 2.30. The molecule has 0 aromatic heterocycles. The lowest BCUT2D eigenvalue weighted by atomic mass is 9.87. The molecule has 1 spiro atoms. The van der Waals surface area contributed by atoms with E-state index in [4.69, 9.17) is 4.74 Å². The largest absolute Gasteiger partial charge is 0.374 e. The van der Waals surface area contributed by atoms with Crippen molar-refractivity contribution < 1.29 is 4.74 Å². The van der Waals surface area contributed by atoms with Crippen LogP contribution in [0.15, 0.2) is 0 Å². The van der Waals surface area contributed by atoms with Gasteiger partial charge in [-0.15, -0.1) is 0 Å². The average Bonchev–Trinajstić information content (AvgIpc) is 2.07. The third kappa shape index (κ3) is 1.57. The monoisotopic (exact) mass is 155 g/mol. The topological polar surface area (TPSA) is 21.3 Å². The number of piperidine rings is 1. The number of hydrogen-bond acceptors (Lipinski definition) is 2. The van der Waals surface area contributed by atoms with Crippen LogP contribution >= 0.6 is 0 Å². The van der Waals surface area contributed by atoms with Gasteiger partial charge in [0.25, 0.3) is 0 Å². The average molecular weight is 155 g/mol. The van der Waals surface area contributed by atoms with E-state index in [1.54, 1.807) is 0 Å². The molecule has 64 valence electrons. The molecule has 0 aromatic carbocycles. The van der Waals surface area contributed by atoms with Crippen LogP contribution in [-0.4, -0.2) is 25.3 Å². The first kappa shape index (κ1) is 7.56. The quantitative estimate of drug-likeness (QED) is 0.569. The SMILES string of the molecule is C1CC[C@]2(CCCNC2)OC1. The molecular formula is C9H17NO. The molecular weight excluding hydrogens is 138 g/mol. The van der Waals surface area contributed by atoms with Gasteiger partial charge < -0.3 is 10.1 Å². The van der Waals surface area contributed by atoms with E-state index < -0.39 is 0 Å². The van der Waals surface area contributed by atoms with E-state index in [9.17, 15) is 0 Å². The molecule has 2 aliphatic heterocycles. The van der Waals surface area contributed by atoms with Gasteiger partial charge in [-0.25, -0.2) is 0 Å². The highest BCUT2D eigenvalue weighted by Gasteiger charge is 2.34. The summed E-state index contributed by atoms with van der Waals surface area (Å²) in [6.07, 6.45) is 6.48. The Labute approximate surface area is 68.3 Å². The third-order valence-corrected chi connectivity index (χ3v) is 2.87. The van der Waals surface area contributed by atoms with Crippen LogP contribution in [-0.2, 0) is 4.74 Å². The first-order chi connectivity index (χ1) is 5.41. The maximum atomic E-state index is 5.84. The highest BCUT2D eigenvalue weighted by atomic mass is 16.5. The van der Waals surface area contributed by atoms with E-state index in [1.165, 1.54) is 38.6 Å². The smallest absolute Gasteiger partial charge is 0.0806 e. The molecule has 0 radical (unpaired) electrons. The van der Waals surface area contributed by atoms with Crippen molar-refractivity contribution >= 4 is 0 Å². The molecule has 0 aliphatic carbocycles. The van der Waals surface area contributed by atoms with E-state index in [0.717, 1.165) is 13.2 Å². The van der Waals surface area contributed by atoms with E-state index in [2.05, 4.69) is 5.32 Å². The van der Waals surface area contributed by atoms with Crippen LogP contribution in [0.3, 0.4) is 0 Å². The molecule has 2 fully saturated rings. The summed E-state index contributed by atoms with van der Waals surface area (Å²) in [5.41, 5.74) is 0.247. The van der Waals surface area contributed by atoms with Crippen molar-refractivity contribution in [1.29, 1.82) is 0 Å². The van der Waals surface area contributed by atoms with E-state index >= 15 is 0 Å². The van der Waals surface area contributed by atoms with Crippen molar-refractivity contribution in [2.45, 2.75) is 37.7 Å². The van der Waals surface area contributed by atoms with Crippen LogP contribution in [0.4, 0.5) is 0 Å². The Bertz CT molecular complexity index is 104. The Hall–Kier alpha value is -0.0800. The molecule has 2 saturated heterocycles. The van der Waals surface area contributed by atoms with Crippen molar-refractivity contribution in [2.75, 3.05) is 19.7 Å². The summed E-state index contributed by atoms with van der Waals surface area (Å²) in [4.78, 5) is 0. The van der Waals surface area contributed by atoms with Crippen LogP contribution in [0, 0.1) is 0 Å². The van der Waals surface area contributed by atoms with Crippen molar-refractivity contribution in [2.24, 2.45) is 0 Å². The zero-order chi connectivity index (χ0) is 7.57. The van der Waals surface area contributed by atoms with Gasteiger partial charge in [0, 0.05) is 13.2 Å². The number of rotatable bonds is 0. The predicted molar refractivity (Wildman–Crippen MR) is 44.6 cm³/mol. The number of hydrogen-bond donors (Lipinski definition) is 1. The molecule has 1 N–H and O–H groups in total. The Morgan fingerprint density at radius 3 is 2.64 bits per heavy atom. The maximum absolute atomic E-state index is 5.84. The zero-order valence-electron chi connectivity index (χ0n) is 7.07. The molecule has 0 amide bonds. The lowest BCUT2D eigenvalue weighted by Gasteiger charge is -2.40. The summed E-state index contributed by atoms with van der Waals surface area (Å²) in [6.45, 7) is 3.26. The van der Waals surface area contributed by atoms with E-state index in [0.29, 0.717) is 0 Å². The summed E-state index contributed by atoms with van der Waals surface area (Å²) in [7, 11) is 0. The van der Waals surface area contributed by atoms with Gasteiger partial charge in [-0.1, -0.05) is 0 Å². The van der Waals surface area contributed by atoms with E-state index in [-0.39, 0.29) is 5.60 Å². The maximum Gasteiger partial charge on any atom is 0.0806 e. The van der Waals surface area contributed by atoms with Gasteiger partial charge in [-0.2, -0.15) is 0 Å². The van der Waals surface area contributed by atoms with Crippen LogP contribution in [0.1, 0.15) is 32.1 Å². The molecule has 2 heteroatoms. The second-order valence-corrected chi connectivity index (χ2v) is 3.77. The van der Waals surface area contributed by atoms with Crippen LogP contribution in [0.2, 0.25) is 0 Å². The van der Waals surface area contributed by atoms with Gasteiger partial charge in [0.1, 0.15) is 0 Å². The first-order valence-electron chi connectivity index (χ1n) is 4.76. The fourth-order valence-electron chi connectivity index (χ4n) is 2.19. The fraction of sp³-hybridized carbons (Fsp3) is 1.00. The summed E-state index contributed by atoms with van der Waals surface area (Å²) in [5, 5.41) is 3.42. The second-order valence-electron chi connectivity index (χ2n) is 3.77. The number of ether oxygens (including phenoxy) is 1. The van der Waals surface area contributed by atoms with Crippen LogP contribution < -0.4 is 5.32 Å². The summed E-state index contributed by atoms with van der Waals surface area (Å²) in [6, 6.07) is 0. The highest BCUT2D eigenvalue weighted by molar-refractivity contribution is 4.88. The first-order valence-corrected chi connectivity index (χ1v) is 4.76. The number of nitrogens with one attached hydrogen (secondary N) is 1. The summed E-state index contributed by atoms with van der Waals surface area (Å²) >= 11 is 0. The van der Waals surface area contributed by atoms with Crippen molar-refractivity contribution in [1.82, 2.24) is 5.32 Å². The lowest BCUT2D eigenvalue weighted by Crippen LogP contribution is -2.49. The molecule has 2 heterocycles. The Balaban J connectivity index is 1.94. The zero-order valence-corrected chi connectivity index (χ0v) is 7.07. The predicted octanol–water partition coefficient (Wildman–Crippen LogP) is 1.31. The molecule has 11 heavy (non-hydrogen) atoms. The summed E-state index contributed by atoms with van der Waals surface area (Å²) < 4.78 is 5.84. The van der Waals surface area contributed by atoms with Crippen LogP contribution in [0.5, 0.6) is 0 Å². The van der Waals surface area contributed by atoms with Crippen molar-refractivity contribution in [3.63, 3.8) is 0 Å². The van der Waals surface area contributed by atoms with Gasteiger partial charge in [0.15, 0.2) is 0 Å². The van der Waals surface area contributed by atoms with Gasteiger partial charge in [0.05, 0.1) is 5.60 Å². The lowest BCUT2D eigenvalue weighted by molar-refractivity contribution is -0.0902. The minimum Gasteiger partial charge on any atom is -0.374 e. The minimum atomic E-state index is 0.247. The standard InChI is InChI=1S/C9H17NO/c1-2-7-11-9(4-1)5-3-6-10-8-9/h10H,1-8H2/t9-/m1/s1. The van der Waals surface area contributed by atoms with Gasteiger partial charge in [-0.05, 0) is 38.6 Å². The van der Waals surface area contributed by atoms with Gasteiger partial charge in [-0.3, -0.25) is 0 Å². The molecule has 1 atom stereocenters. The molecule has 0 aromatic rings. The molecule has 0 bridgehead atoms. The Morgan fingerprint density at radius 2 is 2.00 bits per heavy atom. The Kier molecular flexibility index (Phi) is 2.14. The van der Waals surface area contributed by atoms with E-state index in [1.807, 2.05) is 0 Å². The van der Waals surface area contributed by atoms with Crippen LogP contribution in [0.25, 0.3) is 0 Å². The minimum absolute atomic E-state index is 0.247. The third-order valence-electron chi connectivity index (χ3n) is 2.87. The summed E-state index contributed by atoms with van der Waals surface area (Å²) in [5.74, 6) is 0. The van der Waals surface area contributed by atoms with Crippen molar-refractivity contribution in [3.8, 4) is 0 Å². The molecule has 0 unspecified atom stereocenters. The second kappa shape index (κ2) is 3.11.